The molecule has 7 heteroatoms. The highest BCUT2D eigenvalue weighted by atomic mass is 32.1. The first-order chi connectivity index (χ1) is 11.6. The Labute approximate surface area is 141 Å². The van der Waals surface area contributed by atoms with Crippen molar-refractivity contribution in [3.63, 3.8) is 0 Å². The van der Waals surface area contributed by atoms with E-state index >= 15 is 0 Å². The molecule has 2 heterocycles. The monoisotopic (exact) mass is 344 g/mol. The maximum absolute atomic E-state index is 13.8. The number of fused-ring (bicyclic) bond motifs is 3. The van der Waals surface area contributed by atoms with Gasteiger partial charge in [-0.1, -0.05) is 6.07 Å². The van der Waals surface area contributed by atoms with Gasteiger partial charge in [-0.2, -0.15) is 5.10 Å². The number of nitrogens with zero attached hydrogens (tertiary/aromatic N) is 3. The van der Waals surface area contributed by atoms with Crippen molar-refractivity contribution >= 4 is 33.1 Å². The number of halogens is 2. The van der Waals surface area contributed by atoms with Gasteiger partial charge in [0, 0.05) is 4.88 Å². The van der Waals surface area contributed by atoms with Gasteiger partial charge in [0.05, 0.1) is 16.7 Å². The molecule has 122 valence electrons. The normalized spacial score (nSPS) is 14.2. The molecule has 0 saturated carbocycles. The molecule has 0 bridgehead atoms. The number of hydrazone groups is 1. The third kappa shape index (κ3) is 2.45. The number of nitrogens with one attached hydrogen (secondary N) is 1. The van der Waals surface area contributed by atoms with Crippen LogP contribution in [-0.2, 0) is 12.8 Å². The minimum atomic E-state index is -0.637. The van der Waals surface area contributed by atoms with E-state index in [1.165, 1.54) is 35.0 Å². The van der Waals surface area contributed by atoms with Crippen LogP contribution in [0.4, 0.5) is 14.6 Å². The van der Waals surface area contributed by atoms with Crippen molar-refractivity contribution in [2.24, 2.45) is 5.10 Å². The first-order valence-corrected chi connectivity index (χ1v) is 8.46. The fraction of sp³-hybridized carbons (Fsp3) is 0.235. The molecule has 3 aromatic rings. The minimum Gasteiger partial charge on any atom is -0.260 e. The lowest BCUT2D eigenvalue weighted by molar-refractivity contribution is 0.579. The molecule has 2 aromatic heterocycles. The van der Waals surface area contributed by atoms with E-state index in [4.69, 9.17) is 0 Å². The fourth-order valence-corrected chi connectivity index (χ4v) is 4.28. The van der Waals surface area contributed by atoms with E-state index in [-0.39, 0.29) is 11.3 Å². The van der Waals surface area contributed by atoms with Crippen molar-refractivity contribution in [3.05, 3.63) is 52.2 Å². The van der Waals surface area contributed by atoms with Crippen LogP contribution in [0.2, 0.25) is 0 Å². The van der Waals surface area contributed by atoms with Gasteiger partial charge in [-0.3, -0.25) is 5.43 Å². The fourth-order valence-electron chi connectivity index (χ4n) is 3.05. The van der Waals surface area contributed by atoms with Crippen LogP contribution >= 0.6 is 11.3 Å². The summed E-state index contributed by atoms with van der Waals surface area (Å²) in [4.78, 5) is 10.8. The van der Waals surface area contributed by atoms with Gasteiger partial charge in [-0.05, 0) is 43.9 Å². The molecule has 4 rings (SSSR count). The van der Waals surface area contributed by atoms with Gasteiger partial charge in [0.15, 0.2) is 5.82 Å². The first kappa shape index (κ1) is 15.1. The van der Waals surface area contributed by atoms with Crippen LogP contribution in [0.3, 0.4) is 0 Å². The molecule has 0 atom stereocenters. The molecule has 0 aliphatic heterocycles. The van der Waals surface area contributed by atoms with Gasteiger partial charge in [0.1, 0.15) is 22.8 Å². The summed E-state index contributed by atoms with van der Waals surface area (Å²) >= 11 is 1.68. The van der Waals surface area contributed by atoms with Crippen molar-refractivity contribution in [2.75, 3.05) is 5.43 Å². The Morgan fingerprint density at radius 3 is 2.79 bits per heavy atom. The molecule has 4 nitrogen and oxygen atoms in total. The summed E-state index contributed by atoms with van der Waals surface area (Å²) in [5.41, 5.74) is 4.23. The third-order valence-electron chi connectivity index (χ3n) is 4.16. The number of benzene rings is 1. The molecular formula is C17H14F2N4S. The Morgan fingerprint density at radius 1 is 1.21 bits per heavy atom. The predicted molar refractivity (Wildman–Crippen MR) is 91.6 cm³/mol. The molecule has 1 N–H and O–H groups in total. The van der Waals surface area contributed by atoms with Gasteiger partial charge < -0.3 is 0 Å². The van der Waals surface area contributed by atoms with Crippen molar-refractivity contribution in [1.29, 1.82) is 0 Å². The quantitative estimate of drug-likeness (QED) is 0.569. The zero-order valence-corrected chi connectivity index (χ0v) is 13.8. The molecule has 0 saturated heterocycles. The third-order valence-corrected chi connectivity index (χ3v) is 5.36. The number of hydrogen-bond donors (Lipinski definition) is 1. The van der Waals surface area contributed by atoms with Crippen LogP contribution in [-0.4, -0.2) is 15.7 Å². The summed E-state index contributed by atoms with van der Waals surface area (Å²) in [6.07, 6.45) is 4.68. The summed E-state index contributed by atoms with van der Waals surface area (Å²) in [6.45, 7) is 1.56. The number of rotatable bonds is 3. The molecule has 0 spiro atoms. The summed E-state index contributed by atoms with van der Waals surface area (Å²) in [6, 6.07) is 3.76. The highest BCUT2D eigenvalue weighted by molar-refractivity contribution is 7.19. The Balaban J connectivity index is 1.72. The van der Waals surface area contributed by atoms with Crippen LogP contribution in [0.5, 0.6) is 0 Å². The topological polar surface area (TPSA) is 50.2 Å². The SMILES string of the molecule is C/C(=N/Nc1ncnc2sc3c(c12)CCC3)c1c(F)cccc1F. The van der Waals surface area contributed by atoms with Gasteiger partial charge >= 0.3 is 0 Å². The first-order valence-electron chi connectivity index (χ1n) is 7.65. The number of hydrogen-bond acceptors (Lipinski definition) is 5. The zero-order valence-electron chi connectivity index (χ0n) is 12.9. The summed E-state index contributed by atoms with van der Waals surface area (Å²) in [7, 11) is 0. The second-order valence-electron chi connectivity index (χ2n) is 5.67. The van der Waals surface area contributed by atoms with E-state index in [1.54, 1.807) is 18.3 Å². The van der Waals surface area contributed by atoms with E-state index in [1.807, 2.05) is 0 Å². The average Bonchev–Trinajstić information content (AvgIpc) is 3.13. The summed E-state index contributed by atoms with van der Waals surface area (Å²) < 4.78 is 27.7. The van der Waals surface area contributed by atoms with Crippen LogP contribution in [0.15, 0.2) is 29.6 Å². The largest absolute Gasteiger partial charge is 0.260 e. The van der Waals surface area contributed by atoms with Crippen LogP contribution < -0.4 is 5.43 Å². The lowest BCUT2D eigenvalue weighted by Gasteiger charge is -2.06. The van der Waals surface area contributed by atoms with E-state index < -0.39 is 11.6 Å². The molecule has 0 amide bonds. The second-order valence-corrected chi connectivity index (χ2v) is 6.75. The zero-order chi connectivity index (χ0) is 16.7. The van der Waals surface area contributed by atoms with Crippen molar-refractivity contribution in [3.8, 4) is 0 Å². The molecule has 0 radical (unpaired) electrons. The highest BCUT2D eigenvalue weighted by Gasteiger charge is 2.21. The van der Waals surface area contributed by atoms with Crippen molar-refractivity contribution < 1.29 is 8.78 Å². The number of thiophene rings is 1. The lowest BCUT2D eigenvalue weighted by Crippen LogP contribution is -2.06. The highest BCUT2D eigenvalue weighted by Crippen LogP contribution is 2.39. The van der Waals surface area contributed by atoms with Crippen molar-refractivity contribution in [2.45, 2.75) is 26.2 Å². The summed E-state index contributed by atoms with van der Waals surface area (Å²) in [5, 5.41) is 5.12. The van der Waals surface area contributed by atoms with E-state index in [0.29, 0.717) is 5.82 Å². The van der Waals surface area contributed by atoms with Crippen LogP contribution in [0.1, 0.15) is 29.3 Å². The molecule has 24 heavy (non-hydrogen) atoms. The molecule has 1 aliphatic rings. The molecule has 0 fully saturated rings. The maximum atomic E-state index is 13.8. The molecular weight excluding hydrogens is 330 g/mol. The van der Waals surface area contributed by atoms with Gasteiger partial charge in [0.2, 0.25) is 0 Å². The van der Waals surface area contributed by atoms with Gasteiger partial charge in [-0.15, -0.1) is 11.3 Å². The molecule has 1 aliphatic carbocycles. The Morgan fingerprint density at radius 2 is 2.00 bits per heavy atom. The van der Waals surface area contributed by atoms with Crippen LogP contribution in [0, 0.1) is 11.6 Å². The lowest BCUT2D eigenvalue weighted by atomic mass is 10.1. The Kier molecular flexibility index (Phi) is 3.72. The smallest absolute Gasteiger partial charge is 0.158 e. The Hall–Kier alpha value is -2.41. The van der Waals surface area contributed by atoms with Crippen LogP contribution in [0.25, 0.3) is 10.2 Å². The standard InChI is InChI=1S/C17H14F2N4S/c1-9(14-11(18)5-3-6-12(14)19)22-23-16-15-10-4-2-7-13(10)24-17(15)21-8-20-16/h3,5-6,8H,2,4,7H2,1H3,(H,20,21,23)/b22-9-. The van der Waals surface area contributed by atoms with E-state index in [9.17, 15) is 8.78 Å². The number of anilines is 1. The van der Waals surface area contributed by atoms with Gasteiger partial charge in [0.25, 0.3) is 0 Å². The van der Waals surface area contributed by atoms with E-state index in [2.05, 4.69) is 20.5 Å². The average molecular weight is 344 g/mol. The summed E-state index contributed by atoms with van der Waals surface area (Å²) in [5.74, 6) is -0.694. The Bertz CT molecular complexity index is 944. The number of aryl methyl sites for hydroxylation is 2. The number of aromatic nitrogens is 2. The van der Waals surface area contributed by atoms with Gasteiger partial charge in [-0.25, -0.2) is 18.7 Å². The molecule has 0 unspecified atom stereocenters. The second kappa shape index (κ2) is 5.90. The maximum Gasteiger partial charge on any atom is 0.158 e. The minimum absolute atomic E-state index is 0.133. The van der Waals surface area contributed by atoms with Crippen molar-refractivity contribution in [1.82, 2.24) is 9.97 Å². The molecule has 1 aromatic carbocycles. The van der Waals surface area contributed by atoms with E-state index in [0.717, 1.165) is 29.5 Å². The predicted octanol–water partition coefficient (Wildman–Crippen LogP) is 4.29.